The predicted molar refractivity (Wildman–Crippen MR) is 91.9 cm³/mol. The first-order chi connectivity index (χ1) is 12.0. The lowest BCUT2D eigenvalue weighted by Gasteiger charge is -2.19. The lowest BCUT2D eigenvalue weighted by molar-refractivity contribution is -0.132. The van der Waals surface area contributed by atoms with Gasteiger partial charge in [0.05, 0.1) is 18.3 Å². The molecule has 7 heteroatoms. The number of pyridine rings is 1. The minimum absolute atomic E-state index is 0.0393. The maximum absolute atomic E-state index is 12.8. The van der Waals surface area contributed by atoms with Gasteiger partial charge in [-0.1, -0.05) is 29.8 Å². The Morgan fingerprint density at radius 2 is 2.04 bits per heavy atom. The van der Waals surface area contributed by atoms with Crippen LogP contribution in [0, 0.1) is 0 Å². The quantitative estimate of drug-likeness (QED) is 0.576. The fourth-order valence-corrected chi connectivity index (χ4v) is 3.19. The van der Waals surface area contributed by atoms with Crippen LogP contribution in [0.3, 0.4) is 0 Å². The second-order valence-electron chi connectivity index (χ2n) is 6.05. The van der Waals surface area contributed by atoms with Crippen molar-refractivity contribution in [3.63, 3.8) is 0 Å². The van der Waals surface area contributed by atoms with Gasteiger partial charge < -0.3 is 9.73 Å². The number of carbonyl (C=O) groups is 2. The molecule has 126 valence electrons. The van der Waals surface area contributed by atoms with Crippen molar-refractivity contribution in [3.05, 3.63) is 65.2 Å². The number of halogens is 1. The zero-order chi connectivity index (χ0) is 17.6. The predicted octanol–water partition coefficient (Wildman–Crippen LogP) is 3.45. The zero-order valence-corrected chi connectivity index (χ0v) is 14.1. The third-order valence-corrected chi connectivity index (χ3v) is 4.69. The Kier molecular flexibility index (Phi) is 3.51. The van der Waals surface area contributed by atoms with E-state index in [4.69, 9.17) is 16.0 Å². The first kappa shape index (κ1) is 15.7. The van der Waals surface area contributed by atoms with Gasteiger partial charge in [0.1, 0.15) is 10.9 Å². The molecular formula is C18H14ClN3O3. The summed E-state index contributed by atoms with van der Waals surface area (Å²) < 4.78 is 5.32. The molecule has 3 heterocycles. The molecule has 1 fully saturated rings. The molecule has 0 spiro atoms. The number of furan rings is 1. The summed E-state index contributed by atoms with van der Waals surface area (Å²) in [6, 6.07) is 12.2. The second-order valence-corrected chi connectivity index (χ2v) is 6.41. The molecule has 3 amide bonds. The fraction of sp³-hybridized carbons (Fsp3) is 0.167. The lowest BCUT2D eigenvalue weighted by Crippen LogP contribution is -2.40. The third kappa shape index (κ3) is 2.46. The number of hydrogen-bond donors (Lipinski definition) is 1. The van der Waals surface area contributed by atoms with E-state index < -0.39 is 17.5 Å². The third-order valence-electron chi connectivity index (χ3n) is 4.37. The second kappa shape index (κ2) is 5.60. The van der Waals surface area contributed by atoms with E-state index in [-0.39, 0.29) is 11.7 Å². The largest absolute Gasteiger partial charge is 0.466 e. The normalized spacial score (nSPS) is 20.3. The Hall–Kier alpha value is -2.86. The van der Waals surface area contributed by atoms with Crippen molar-refractivity contribution < 1.29 is 14.0 Å². The highest BCUT2D eigenvalue weighted by atomic mass is 35.5. The summed E-state index contributed by atoms with van der Waals surface area (Å²) >= 11 is 6.25. The van der Waals surface area contributed by atoms with Crippen LogP contribution in [0.25, 0.3) is 10.9 Å². The Labute approximate surface area is 148 Å². The Balaban J connectivity index is 1.68. The molecule has 1 aliphatic rings. The number of imide groups is 1. The van der Waals surface area contributed by atoms with Crippen LogP contribution < -0.4 is 5.32 Å². The fourth-order valence-electron chi connectivity index (χ4n) is 2.99. The minimum Gasteiger partial charge on any atom is -0.466 e. The molecule has 0 radical (unpaired) electrons. The van der Waals surface area contributed by atoms with E-state index in [1.54, 1.807) is 19.1 Å². The summed E-state index contributed by atoms with van der Waals surface area (Å²) in [7, 11) is 0. The molecule has 1 aliphatic heterocycles. The van der Waals surface area contributed by atoms with Crippen molar-refractivity contribution in [3.8, 4) is 0 Å². The van der Waals surface area contributed by atoms with Crippen LogP contribution in [0.4, 0.5) is 4.79 Å². The van der Waals surface area contributed by atoms with Crippen molar-refractivity contribution in [2.45, 2.75) is 19.0 Å². The van der Waals surface area contributed by atoms with Gasteiger partial charge in [-0.25, -0.2) is 9.78 Å². The molecule has 1 atom stereocenters. The molecule has 1 N–H and O–H groups in total. The van der Waals surface area contributed by atoms with Gasteiger partial charge >= 0.3 is 6.03 Å². The number of para-hydroxylation sites is 1. The van der Waals surface area contributed by atoms with E-state index in [0.29, 0.717) is 11.3 Å². The molecule has 0 bridgehead atoms. The maximum Gasteiger partial charge on any atom is 0.325 e. The molecule has 0 aliphatic carbocycles. The molecule has 4 rings (SSSR count). The molecule has 1 aromatic carbocycles. The molecule has 25 heavy (non-hydrogen) atoms. The summed E-state index contributed by atoms with van der Waals surface area (Å²) in [5.41, 5.74) is 0.138. The summed E-state index contributed by atoms with van der Waals surface area (Å²) in [5.74, 6) is -0.00670. The molecule has 0 saturated carbocycles. The topological polar surface area (TPSA) is 75.4 Å². The number of fused-ring (bicyclic) bond motifs is 1. The number of hydrogen-bond acceptors (Lipinski definition) is 4. The Morgan fingerprint density at radius 1 is 1.24 bits per heavy atom. The van der Waals surface area contributed by atoms with Crippen molar-refractivity contribution in [2.24, 2.45) is 0 Å². The number of urea groups is 1. The number of nitrogens with one attached hydrogen (secondary N) is 1. The van der Waals surface area contributed by atoms with Gasteiger partial charge in [-0.05, 0) is 31.2 Å². The summed E-state index contributed by atoms with van der Waals surface area (Å²) in [6.45, 7) is 1.66. The van der Waals surface area contributed by atoms with E-state index in [1.807, 2.05) is 30.3 Å². The lowest BCUT2D eigenvalue weighted by atomic mass is 9.99. The summed E-state index contributed by atoms with van der Waals surface area (Å²) in [6.07, 6.45) is 1.47. The van der Waals surface area contributed by atoms with Gasteiger partial charge in [0.25, 0.3) is 5.91 Å². The highest BCUT2D eigenvalue weighted by Crippen LogP contribution is 2.31. The highest BCUT2D eigenvalue weighted by Gasteiger charge is 2.51. The van der Waals surface area contributed by atoms with Crippen molar-refractivity contribution in [2.75, 3.05) is 0 Å². The molecular weight excluding hydrogens is 342 g/mol. The van der Waals surface area contributed by atoms with Crippen LogP contribution in [-0.2, 0) is 16.9 Å². The first-order valence-electron chi connectivity index (χ1n) is 7.71. The van der Waals surface area contributed by atoms with Crippen molar-refractivity contribution in [1.82, 2.24) is 15.2 Å². The highest BCUT2D eigenvalue weighted by molar-refractivity contribution is 6.30. The Bertz CT molecular complexity index is 986. The number of amides is 3. The number of aromatic nitrogens is 1. The van der Waals surface area contributed by atoms with Gasteiger partial charge in [-0.15, -0.1) is 0 Å². The number of nitrogens with zero attached hydrogens (tertiary/aromatic N) is 2. The smallest absolute Gasteiger partial charge is 0.325 e. The van der Waals surface area contributed by atoms with E-state index in [2.05, 4.69) is 10.3 Å². The van der Waals surface area contributed by atoms with E-state index >= 15 is 0 Å². The van der Waals surface area contributed by atoms with E-state index in [0.717, 1.165) is 15.8 Å². The molecule has 2 aromatic heterocycles. The standard InChI is InChI=1S/C18H14ClN3O3/c1-18(14-7-4-8-25-14)16(23)22(17(24)21-18)10-12-9-11-5-2-3-6-13(11)20-15(12)19/h2-9H,10H2,1H3,(H,21,24). The minimum atomic E-state index is -1.22. The van der Waals surface area contributed by atoms with Crippen LogP contribution in [0.1, 0.15) is 18.2 Å². The van der Waals surface area contributed by atoms with Crippen LogP contribution in [0.5, 0.6) is 0 Å². The summed E-state index contributed by atoms with van der Waals surface area (Å²) in [4.78, 5) is 30.7. The van der Waals surface area contributed by atoms with Gasteiger partial charge in [0.15, 0.2) is 5.54 Å². The van der Waals surface area contributed by atoms with E-state index in [1.165, 1.54) is 6.26 Å². The van der Waals surface area contributed by atoms with Gasteiger partial charge in [0, 0.05) is 10.9 Å². The molecule has 3 aromatic rings. The molecule has 1 saturated heterocycles. The van der Waals surface area contributed by atoms with Crippen LogP contribution >= 0.6 is 11.6 Å². The van der Waals surface area contributed by atoms with Gasteiger partial charge in [-0.2, -0.15) is 0 Å². The Morgan fingerprint density at radius 3 is 2.80 bits per heavy atom. The van der Waals surface area contributed by atoms with Crippen LogP contribution in [-0.4, -0.2) is 21.8 Å². The first-order valence-corrected chi connectivity index (χ1v) is 8.09. The van der Waals surface area contributed by atoms with Crippen molar-refractivity contribution in [1.29, 1.82) is 0 Å². The van der Waals surface area contributed by atoms with Crippen LogP contribution in [0.2, 0.25) is 5.15 Å². The average Bonchev–Trinajstić information content (AvgIpc) is 3.20. The molecule has 1 unspecified atom stereocenters. The van der Waals surface area contributed by atoms with E-state index in [9.17, 15) is 9.59 Å². The average molecular weight is 356 g/mol. The SMILES string of the molecule is CC1(c2ccco2)NC(=O)N(Cc2cc3ccccc3nc2Cl)C1=O. The van der Waals surface area contributed by atoms with Gasteiger partial charge in [-0.3, -0.25) is 9.69 Å². The van der Waals surface area contributed by atoms with Crippen LogP contribution in [0.15, 0.2) is 53.1 Å². The van der Waals surface area contributed by atoms with Crippen molar-refractivity contribution >= 4 is 34.4 Å². The van der Waals surface area contributed by atoms with Gasteiger partial charge in [0.2, 0.25) is 0 Å². The number of benzene rings is 1. The summed E-state index contributed by atoms with van der Waals surface area (Å²) in [5, 5.41) is 3.85. The number of carbonyl (C=O) groups excluding carboxylic acids is 2. The monoisotopic (exact) mass is 355 g/mol. The number of rotatable bonds is 3. The maximum atomic E-state index is 12.8. The zero-order valence-electron chi connectivity index (χ0n) is 13.3. The molecule has 6 nitrogen and oxygen atoms in total.